The molecular weight excluding hydrogens is 328 g/mol. The number of nitrogens with zero attached hydrogens (tertiary/aromatic N) is 1. The molecule has 2 atom stereocenters. The summed E-state index contributed by atoms with van der Waals surface area (Å²) in [7, 11) is -1.81. The highest BCUT2D eigenvalue weighted by molar-refractivity contribution is 7.92. The SMILES string of the molecule is CCC[C@H](C)NC(=O)[C@@H](CC)Oc1ccc(N(C)S(C)(=O)=O)cc1. The lowest BCUT2D eigenvalue weighted by atomic mass is 10.1. The molecule has 1 amide bonds. The van der Waals surface area contributed by atoms with E-state index in [-0.39, 0.29) is 11.9 Å². The van der Waals surface area contributed by atoms with E-state index in [1.807, 2.05) is 13.8 Å². The normalized spacial score (nSPS) is 13.9. The lowest BCUT2D eigenvalue weighted by molar-refractivity contribution is -0.128. The van der Waals surface area contributed by atoms with Gasteiger partial charge in [-0.25, -0.2) is 8.42 Å². The highest BCUT2D eigenvalue weighted by Gasteiger charge is 2.20. The average Bonchev–Trinajstić information content (AvgIpc) is 2.51. The zero-order valence-corrected chi connectivity index (χ0v) is 15.9. The molecule has 1 aromatic rings. The van der Waals surface area contributed by atoms with Crippen molar-refractivity contribution in [2.45, 2.75) is 52.2 Å². The van der Waals surface area contributed by atoms with Crippen LogP contribution in [0.2, 0.25) is 0 Å². The topological polar surface area (TPSA) is 75.7 Å². The number of sulfonamides is 1. The minimum absolute atomic E-state index is 0.117. The van der Waals surface area contributed by atoms with Crippen LogP contribution in [0, 0.1) is 0 Å². The van der Waals surface area contributed by atoms with Crippen LogP contribution in [0.3, 0.4) is 0 Å². The van der Waals surface area contributed by atoms with Gasteiger partial charge in [0.1, 0.15) is 5.75 Å². The molecule has 136 valence electrons. The van der Waals surface area contributed by atoms with Gasteiger partial charge in [-0.3, -0.25) is 9.10 Å². The number of benzene rings is 1. The summed E-state index contributed by atoms with van der Waals surface area (Å²) in [4.78, 5) is 12.2. The van der Waals surface area contributed by atoms with E-state index in [9.17, 15) is 13.2 Å². The van der Waals surface area contributed by atoms with Crippen LogP contribution in [-0.2, 0) is 14.8 Å². The van der Waals surface area contributed by atoms with Crippen LogP contribution in [0.1, 0.15) is 40.0 Å². The van der Waals surface area contributed by atoms with E-state index < -0.39 is 16.1 Å². The summed E-state index contributed by atoms with van der Waals surface area (Å²) in [5.74, 6) is 0.404. The molecule has 0 bridgehead atoms. The van der Waals surface area contributed by atoms with Gasteiger partial charge in [0, 0.05) is 13.1 Å². The van der Waals surface area contributed by atoms with Crippen molar-refractivity contribution < 1.29 is 17.9 Å². The van der Waals surface area contributed by atoms with Crippen molar-refractivity contribution in [1.29, 1.82) is 0 Å². The summed E-state index contributed by atoms with van der Waals surface area (Å²) >= 11 is 0. The van der Waals surface area contributed by atoms with Crippen LogP contribution in [0.15, 0.2) is 24.3 Å². The highest BCUT2D eigenvalue weighted by Crippen LogP contribution is 2.21. The van der Waals surface area contributed by atoms with Crippen LogP contribution < -0.4 is 14.4 Å². The fourth-order valence-electron chi connectivity index (χ4n) is 2.25. The molecule has 0 unspecified atom stereocenters. The number of hydrogen-bond donors (Lipinski definition) is 1. The van der Waals surface area contributed by atoms with Gasteiger partial charge < -0.3 is 10.1 Å². The summed E-state index contributed by atoms with van der Waals surface area (Å²) in [6, 6.07) is 6.76. The lowest BCUT2D eigenvalue weighted by Crippen LogP contribution is -2.42. The fraction of sp³-hybridized carbons (Fsp3) is 0.588. The average molecular weight is 356 g/mol. The molecule has 0 aromatic heterocycles. The predicted octanol–water partition coefficient (Wildman–Crippen LogP) is 2.54. The third kappa shape index (κ3) is 6.03. The molecule has 1 N–H and O–H groups in total. The van der Waals surface area contributed by atoms with Gasteiger partial charge in [0.25, 0.3) is 5.91 Å². The summed E-state index contributed by atoms with van der Waals surface area (Å²) < 4.78 is 30.0. The van der Waals surface area contributed by atoms with Gasteiger partial charge in [0.05, 0.1) is 11.9 Å². The zero-order chi connectivity index (χ0) is 18.3. The predicted molar refractivity (Wildman–Crippen MR) is 96.9 cm³/mol. The molecule has 0 fully saturated rings. The number of hydrogen-bond acceptors (Lipinski definition) is 4. The Bertz CT molecular complexity index is 628. The number of amides is 1. The molecule has 0 aliphatic carbocycles. The van der Waals surface area contributed by atoms with E-state index in [0.29, 0.717) is 17.9 Å². The Morgan fingerprint density at radius 3 is 2.29 bits per heavy atom. The van der Waals surface area contributed by atoms with Gasteiger partial charge in [0.2, 0.25) is 10.0 Å². The van der Waals surface area contributed by atoms with Gasteiger partial charge in [-0.15, -0.1) is 0 Å². The van der Waals surface area contributed by atoms with E-state index in [1.54, 1.807) is 24.3 Å². The van der Waals surface area contributed by atoms with Gasteiger partial charge in [-0.1, -0.05) is 20.3 Å². The van der Waals surface area contributed by atoms with E-state index in [2.05, 4.69) is 12.2 Å². The Morgan fingerprint density at radius 2 is 1.83 bits per heavy atom. The summed E-state index contributed by atoms with van der Waals surface area (Å²) in [5, 5.41) is 2.95. The monoisotopic (exact) mass is 356 g/mol. The Labute approximate surface area is 145 Å². The van der Waals surface area contributed by atoms with E-state index in [1.165, 1.54) is 11.4 Å². The first-order valence-electron chi connectivity index (χ1n) is 8.20. The second kappa shape index (κ2) is 8.92. The van der Waals surface area contributed by atoms with Crippen LogP contribution in [0.4, 0.5) is 5.69 Å². The Hall–Kier alpha value is -1.76. The van der Waals surface area contributed by atoms with Gasteiger partial charge in [0.15, 0.2) is 6.10 Å². The van der Waals surface area contributed by atoms with E-state index in [0.717, 1.165) is 19.1 Å². The van der Waals surface area contributed by atoms with Crippen LogP contribution in [0.5, 0.6) is 5.75 Å². The van der Waals surface area contributed by atoms with E-state index in [4.69, 9.17) is 4.74 Å². The molecule has 7 heteroatoms. The lowest BCUT2D eigenvalue weighted by Gasteiger charge is -2.21. The Kier molecular flexibility index (Phi) is 7.54. The molecule has 6 nitrogen and oxygen atoms in total. The van der Waals surface area contributed by atoms with Crippen LogP contribution in [0.25, 0.3) is 0 Å². The molecule has 24 heavy (non-hydrogen) atoms. The largest absolute Gasteiger partial charge is 0.481 e. The summed E-state index contributed by atoms with van der Waals surface area (Å²) in [5.41, 5.74) is 0.541. The maximum absolute atomic E-state index is 12.2. The zero-order valence-electron chi connectivity index (χ0n) is 15.1. The van der Waals surface area contributed by atoms with E-state index >= 15 is 0 Å². The van der Waals surface area contributed by atoms with Gasteiger partial charge in [-0.2, -0.15) is 0 Å². The minimum atomic E-state index is -3.30. The highest BCUT2D eigenvalue weighted by atomic mass is 32.2. The van der Waals surface area contributed by atoms with Crippen molar-refractivity contribution in [2.24, 2.45) is 0 Å². The second-order valence-electron chi connectivity index (χ2n) is 5.94. The van der Waals surface area contributed by atoms with Crippen molar-refractivity contribution in [3.63, 3.8) is 0 Å². The minimum Gasteiger partial charge on any atom is -0.481 e. The number of anilines is 1. The number of ether oxygens (including phenoxy) is 1. The molecule has 1 aromatic carbocycles. The molecule has 0 heterocycles. The second-order valence-corrected chi connectivity index (χ2v) is 7.95. The Morgan fingerprint density at radius 1 is 1.25 bits per heavy atom. The smallest absolute Gasteiger partial charge is 0.261 e. The first-order valence-corrected chi connectivity index (χ1v) is 10.0. The van der Waals surface area contributed by atoms with Crippen molar-refractivity contribution in [3.05, 3.63) is 24.3 Å². The van der Waals surface area contributed by atoms with Crippen LogP contribution in [-0.4, -0.2) is 39.8 Å². The van der Waals surface area contributed by atoms with Crippen molar-refractivity contribution in [2.75, 3.05) is 17.6 Å². The molecule has 0 aliphatic heterocycles. The molecule has 0 spiro atoms. The molecule has 0 radical (unpaired) electrons. The number of rotatable bonds is 9. The maximum atomic E-state index is 12.2. The summed E-state index contributed by atoms with van der Waals surface area (Å²) in [6.45, 7) is 5.94. The Balaban J connectivity index is 2.74. The maximum Gasteiger partial charge on any atom is 0.261 e. The third-order valence-electron chi connectivity index (χ3n) is 3.75. The van der Waals surface area contributed by atoms with Crippen molar-refractivity contribution in [1.82, 2.24) is 5.32 Å². The standard InChI is InChI=1S/C17H28N2O4S/c1-6-8-13(3)18-17(20)16(7-2)23-15-11-9-14(10-12-15)19(4)24(5,21)22/h9-13,16H,6-8H2,1-5H3,(H,18,20)/t13-,16+/m0/s1. The molecule has 0 saturated heterocycles. The number of carbonyl (C=O) groups is 1. The first-order chi connectivity index (χ1) is 11.2. The van der Waals surface area contributed by atoms with Gasteiger partial charge in [-0.05, 0) is 44.0 Å². The summed E-state index contributed by atoms with van der Waals surface area (Å²) in [6.07, 6.45) is 3.06. The third-order valence-corrected chi connectivity index (χ3v) is 4.96. The van der Waals surface area contributed by atoms with Crippen molar-refractivity contribution in [3.8, 4) is 5.75 Å². The fourth-order valence-corrected chi connectivity index (χ4v) is 2.76. The first kappa shape index (κ1) is 20.3. The van der Waals surface area contributed by atoms with Gasteiger partial charge >= 0.3 is 0 Å². The van der Waals surface area contributed by atoms with Crippen molar-refractivity contribution >= 4 is 21.6 Å². The molecule has 0 saturated carbocycles. The number of carbonyl (C=O) groups excluding carboxylic acids is 1. The number of nitrogens with one attached hydrogen (secondary N) is 1. The molecule has 0 aliphatic rings. The van der Waals surface area contributed by atoms with Crippen LogP contribution >= 0.6 is 0 Å². The molecule has 1 rings (SSSR count). The molecular formula is C17H28N2O4S. The quantitative estimate of drug-likeness (QED) is 0.738.